The Morgan fingerprint density at radius 3 is 2.94 bits per heavy atom. The van der Waals surface area contributed by atoms with E-state index >= 15 is 0 Å². The lowest BCUT2D eigenvalue weighted by molar-refractivity contribution is -0.121. The highest BCUT2D eigenvalue weighted by molar-refractivity contribution is 9.10. The van der Waals surface area contributed by atoms with Gasteiger partial charge in [0.1, 0.15) is 5.75 Å². The van der Waals surface area contributed by atoms with Crippen LogP contribution < -0.4 is 15.0 Å². The molecule has 1 saturated heterocycles. The molecule has 4 nitrogen and oxygen atoms in total. The van der Waals surface area contributed by atoms with Crippen molar-refractivity contribution in [1.29, 1.82) is 0 Å². The van der Waals surface area contributed by atoms with E-state index in [9.17, 15) is 4.79 Å². The molecule has 0 spiro atoms. The van der Waals surface area contributed by atoms with E-state index in [0.717, 1.165) is 35.3 Å². The Morgan fingerprint density at radius 1 is 1.50 bits per heavy atom. The van der Waals surface area contributed by atoms with Crippen molar-refractivity contribution in [1.82, 2.24) is 5.32 Å². The van der Waals surface area contributed by atoms with Crippen LogP contribution in [0.1, 0.15) is 12.8 Å². The molecule has 5 heteroatoms. The molecule has 98 valence electrons. The average Bonchev–Trinajstić information content (AvgIpc) is 2.40. The number of carbonyl (C=O) groups excluding carboxylic acids is 1. The number of benzene rings is 1. The first-order valence-corrected chi connectivity index (χ1v) is 6.79. The molecule has 1 fully saturated rings. The minimum absolute atomic E-state index is 0.0862. The van der Waals surface area contributed by atoms with E-state index in [1.807, 2.05) is 30.1 Å². The Kier molecular flexibility index (Phi) is 4.24. The number of rotatable bonds is 3. The molecule has 0 saturated carbocycles. The number of hydrogen-bond donors (Lipinski definition) is 1. The normalized spacial score (nSPS) is 20.1. The molecule has 2 rings (SSSR count). The molecule has 1 unspecified atom stereocenters. The van der Waals surface area contributed by atoms with Crippen molar-refractivity contribution in [3.63, 3.8) is 0 Å². The van der Waals surface area contributed by atoms with E-state index in [1.165, 1.54) is 0 Å². The number of likely N-dealkylation sites (N-methyl/N-ethyl adjacent to an activating group) is 1. The Hall–Kier alpha value is -1.07. The van der Waals surface area contributed by atoms with Gasteiger partial charge in [0, 0.05) is 17.1 Å². The van der Waals surface area contributed by atoms with Gasteiger partial charge in [-0.25, -0.2) is 0 Å². The van der Waals surface area contributed by atoms with Crippen LogP contribution in [0.15, 0.2) is 22.7 Å². The number of halogens is 1. The van der Waals surface area contributed by atoms with Crippen molar-refractivity contribution in [2.24, 2.45) is 0 Å². The number of methoxy groups -OCH3 is 1. The summed E-state index contributed by atoms with van der Waals surface area (Å²) in [5.74, 6) is 0.880. The van der Waals surface area contributed by atoms with Gasteiger partial charge in [0.2, 0.25) is 5.91 Å². The fraction of sp³-hybridized carbons (Fsp3) is 0.462. The van der Waals surface area contributed by atoms with Crippen molar-refractivity contribution < 1.29 is 9.53 Å². The lowest BCUT2D eigenvalue weighted by atomic mass is 10.0. The molecule has 1 aliphatic rings. The van der Waals surface area contributed by atoms with E-state index in [-0.39, 0.29) is 11.9 Å². The number of amides is 1. The van der Waals surface area contributed by atoms with Gasteiger partial charge in [-0.1, -0.05) is 0 Å². The van der Waals surface area contributed by atoms with Crippen LogP contribution in [0, 0.1) is 0 Å². The molecular weight excluding hydrogens is 296 g/mol. The topological polar surface area (TPSA) is 41.6 Å². The van der Waals surface area contributed by atoms with Crippen molar-refractivity contribution in [3.8, 4) is 5.75 Å². The van der Waals surface area contributed by atoms with Gasteiger partial charge >= 0.3 is 0 Å². The number of anilines is 1. The molecule has 0 aromatic heterocycles. The van der Waals surface area contributed by atoms with Gasteiger partial charge in [-0.3, -0.25) is 4.79 Å². The van der Waals surface area contributed by atoms with Crippen LogP contribution in [0.3, 0.4) is 0 Å². The summed E-state index contributed by atoms with van der Waals surface area (Å²) in [6.45, 7) is 0.753. The smallest absolute Gasteiger partial charge is 0.244 e. The molecule has 0 radical (unpaired) electrons. The molecule has 1 aliphatic heterocycles. The van der Waals surface area contributed by atoms with Crippen LogP contribution in [-0.4, -0.2) is 32.7 Å². The molecular formula is C13H17BrN2O2. The fourth-order valence-electron chi connectivity index (χ4n) is 2.21. The van der Waals surface area contributed by atoms with Gasteiger partial charge in [-0.05, 0) is 48.0 Å². The molecule has 1 heterocycles. The van der Waals surface area contributed by atoms with Crippen LogP contribution in [0.5, 0.6) is 5.75 Å². The van der Waals surface area contributed by atoms with Crippen molar-refractivity contribution >= 4 is 27.5 Å². The van der Waals surface area contributed by atoms with Gasteiger partial charge in [-0.15, -0.1) is 0 Å². The van der Waals surface area contributed by atoms with E-state index in [1.54, 1.807) is 7.11 Å². The number of carbonyl (C=O) groups is 1. The summed E-state index contributed by atoms with van der Waals surface area (Å²) < 4.78 is 6.13. The number of ether oxygens (including phenoxy) is 1. The molecule has 1 atom stereocenters. The Morgan fingerprint density at radius 2 is 2.28 bits per heavy atom. The number of hydrogen-bond acceptors (Lipinski definition) is 3. The quantitative estimate of drug-likeness (QED) is 0.930. The van der Waals surface area contributed by atoms with Gasteiger partial charge in [0.25, 0.3) is 0 Å². The first-order valence-electron chi connectivity index (χ1n) is 5.99. The van der Waals surface area contributed by atoms with Crippen LogP contribution in [0.25, 0.3) is 0 Å². The molecule has 0 aliphatic carbocycles. The SMILES string of the molecule is CNC1CCCN(c2cc(OC)ccc2Br)C1=O. The minimum Gasteiger partial charge on any atom is -0.497 e. The predicted molar refractivity (Wildman–Crippen MR) is 75.1 cm³/mol. The highest BCUT2D eigenvalue weighted by Gasteiger charge is 2.29. The van der Waals surface area contributed by atoms with Gasteiger partial charge in [0.05, 0.1) is 18.8 Å². The van der Waals surface area contributed by atoms with Crippen molar-refractivity contribution in [3.05, 3.63) is 22.7 Å². The standard InChI is InChI=1S/C13H17BrN2O2/c1-15-11-4-3-7-16(13(11)17)12-8-9(18-2)5-6-10(12)14/h5-6,8,11,15H,3-4,7H2,1-2H3. The maximum atomic E-state index is 12.3. The monoisotopic (exact) mass is 312 g/mol. The fourth-order valence-corrected chi connectivity index (χ4v) is 2.67. The Bertz CT molecular complexity index is 451. The second kappa shape index (κ2) is 5.71. The van der Waals surface area contributed by atoms with Crippen LogP contribution in [-0.2, 0) is 4.79 Å². The number of nitrogens with zero attached hydrogens (tertiary/aromatic N) is 1. The summed E-state index contributed by atoms with van der Waals surface area (Å²) in [6.07, 6.45) is 1.90. The van der Waals surface area contributed by atoms with Crippen LogP contribution in [0.4, 0.5) is 5.69 Å². The maximum Gasteiger partial charge on any atom is 0.244 e. The van der Waals surface area contributed by atoms with E-state index in [2.05, 4.69) is 21.2 Å². The lowest BCUT2D eigenvalue weighted by Gasteiger charge is -2.32. The zero-order valence-corrected chi connectivity index (χ0v) is 12.2. The Labute approximate surface area is 115 Å². The lowest BCUT2D eigenvalue weighted by Crippen LogP contribution is -2.49. The second-order valence-corrected chi connectivity index (χ2v) is 5.15. The van der Waals surface area contributed by atoms with Crippen molar-refractivity contribution in [2.45, 2.75) is 18.9 Å². The van der Waals surface area contributed by atoms with E-state index in [0.29, 0.717) is 0 Å². The zero-order chi connectivity index (χ0) is 13.1. The van der Waals surface area contributed by atoms with Gasteiger partial charge < -0.3 is 15.0 Å². The average molecular weight is 313 g/mol. The number of nitrogens with one attached hydrogen (secondary N) is 1. The Balaban J connectivity index is 2.32. The highest BCUT2D eigenvalue weighted by Crippen LogP contribution is 2.32. The maximum absolute atomic E-state index is 12.3. The number of piperidine rings is 1. The van der Waals surface area contributed by atoms with Gasteiger partial charge in [-0.2, -0.15) is 0 Å². The molecule has 1 aromatic rings. The summed E-state index contributed by atoms with van der Waals surface area (Å²) in [6, 6.07) is 5.58. The minimum atomic E-state index is -0.0862. The largest absolute Gasteiger partial charge is 0.497 e. The van der Waals surface area contributed by atoms with Crippen LogP contribution in [0.2, 0.25) is 0 Å². The third-order valence-electron chi connectivity index (χ3n) is 3.23. The molecule has 1 amide bonds. The van der Waals surface area contributed by atoms with Gasteiger partial charge in [0.15, 0.2) is 0 Å². The molecule has 18 heavy (non-hydrogen) atoms. The zero-order valence-electron chi connectivity index (χ0n) is 10.6. The summed E-state index contributed by atoms with van der Waals surface area (Å²) in [5, 5.41) is 3.06. The second-order valence-electron chi connectivity index (χ2n) is 4.29. The summed E-state index contributed by atoms with van der Waals surface area (Å²) >= 11 is 3.49. The third-order valence-corrected chi connectivity index (χ3v) is 3.90. The van der Waals surface area contributed by atoms with E-state index in [4.69, 9.17) is 4.74 Å². The molecule has 0 bridgehead atoms. The first-order chi connectivity index (χ1) is 8.67. The third kappa shape index (κ3) is 2.52. The molecule has 1 aromatic carbocycles. The van der Waals surface area contributed by atoms with Crippen molar-refractivity contribution in [2.75, 3.05) is 25.6 Å². The summed E-state index contributed by atoms with van der Waals surface area (Å²) in [7, 11) is 3.45. The molecule has 1 N–H and O–H groups in total. The predicted octanol–water partition coefficient (Wildman–Crippen LogP) is 2.17. The summed E-state index contributed by atoms with van der Waals surface area (Å²) in [5.41, 5.74) is 0.874. The van der Waals surface area contributed by atoms with Crippen LogP contribution >= 0.6 is 15.9 Å². The summed E-state index contributed by atoms with van der Waals surface area (Å²) in [4.78, 5) is 14.1. The first kappa shape index (κ1) is 13.4. The van der Waals surface area contributed by atoms with E-state index < -0.39 is 0 Å². The highest BCUT2D eigenvalue weighted by atomic mass is 79.9.